The van der Waals surface area contributed by atoms with Crippen molar-refractivity contribution in [1.29, 1.82) is 0 Å². The molecule has 7 heteroatoms. The summed E-state index contributed by atoms with van der Waals surface area (Å²) in [4.78, 5) is 26.3. The van der Waals surface area contributed by atoms with Crippen molar-refractivity contribution in [1.82, 2.24) is 19.8 Å². The molecule has 3 heterocycles. The van der Waals surface area contributed by atoms with E-state index in [0.717, 1.165) is 43.8 Å². The zero-order valence-corrected chi connectivity index (χ0v) is 19.0. The first kappa shape index (κ1) is 21.1. The molecule has 7 nitrogen and oxygen atoms in total. The molecule has 0 radical (unpaired) electrons. The Morgan fingerprint density at radius 3 is 2.76 bits per heavy atom. The maximum absolute atomic E-state index is 13.4. The Morgan fingerprint density at radius 2 is 1.97 bits per heavy atom. The maximum Gasteiger partial charge on any atom is 0.230 e. The molecule has 1 saturated carbocycles. The molecule has 1 aromatic carbocycles. The van der Waals surface area contributed by atoms with Crippen molar-refractivity contribution in [2.75, 3.05) is 26.2 Å². The molecule has 1 amide bonds. The normalized spacial score (nSPS) is 31.4. The van der Waals surface area contributed by atoms with Gasteiger partial charge >= 0.3 is 0 Å². The number of hydrogen-bond donors (Lipinski definition) is 2. The van der Waals surface area contributed by atoms with Gasteiger partial charge in [0.15, 0.2) is 0 Å². The van der Waals surface area contributed by atoms with Crippen LogP contribution in [-0.4, -0.2) is 73.7 Å². The molecular weight excluding hydrogens is 416 g/mol. The molecule has 174 valence electrons. The minimum atomic E-state index is -0.917. The molecule has 1 aromatic heterocycles. The molecule has 0 unspecified atom stereocenters. The van der Waals surface area contributed by atoms with Crippen LogP contribution in [0.25, 0.3) is 0 Å². The van der Waals surface area contributed by atoms with Crippen molar-refractivity contribution < 1.29 is 15.0 Å². The van der Waals surface area contributed by atoms with E-state index in [1.807, 2.05) is 17.0 Å². The molecular formula is C26H32N4O3. The van der Waals surface area contributed by atoms with Crippen LogP contribution in [-0.2, 0) is 23.1 Å². The molecule has 2 aliphatic carbocycles. The average molecular weight is 449 g/mol. The van der Waals surface area contributed by atoms with Gasteiger partial charge in [-0.05, 0) is 80.3 Å². The average Bonchev–Trinajstić information content (AvgIpc) is 3.63. The van der Waals surface area contributed by atoms with E-state index in [0.29, 0.717) is 25.3 Å². The maximum atomic E-state index is 13.4. The van der Waals surface area contributed by atoms with Gasteiger partial charge in [0, 0.05) is 43.5 Å². The van der Waals surface area contributed by atoms with E-state index in [4.69, 9.17) is 0 Å². The second-order valence-corrected chi connectivity index (χ2v) is 10.5. The number of aromatic hydroxyl groups is 1. The summed E-state index contributed by atoms with van der Waals surface area (Å²) in [5.41, 5.74) is 0.735. The summed E-state index contributed by atoms with van der Waals surface area (Å²) in [5.74, 6) is 1.52. The lowest BCUT2D eigenvalue weighted by molar-refractivity contribution is -0.154. The fourth-order valence-electron chi connectivity index (χ4n) is 6.77. The van der Waals surface area contributed by atoms with E-state index in [1.54, 1.807) is 24.5 Å². The van der Waals surface area contributed by atoms with Gasteiger partial charge in [-0.15, -0.1) is 0 Å². The molecule has 2 N–H and O–H groups in total. The summed E-state index contributed by atoms with van der Waals surface area (Å²) in [5, 5.41) is 22.9. The predicted octanol–water partition coefficient (Wildman–Crippen LogP) is 2.06. The number of aliphatic hydroxyl groups is 1. The van der Waals surface area contributed by atoms with E-state index in [1.165, 1.54) is 18.4 Å². The number of aromatic nitrogens is 2. The third-order valence-corrected chi connectivity index (χ3v) is 8.59. The second-order valence-electron chi connectivity index (χ2n) is 10.5. The number of hydrogen-bond acceptors (Lipinski definition) is 6. The minimum absolute atomic E-state index is 0.00376. The first-order valence-electron chi connectivity index (χ1n) is 12.3. The van der Waals surface area contributed by atoms with Crippen LogP contribution in [0.1, 0.15) is 49.1 Å². The number of likely N-dealkylation sites (tertiary alicyclic amines) is 2. The summed E-state index contributed by atoms with van der Waals surface area (Å²) in [6.45, 7) is 3.07. The number of phenolic OH excluding ortho intramolecular Hbond substituents is 1. The number of benzene rings is 1. The number of carbonyl (C=O) groups is 1. The van der Waals surface area contributed by atoms with Gasteiger partial charge in [0.1, 0.15) is 11.6 Å². The Bertz CT molecular complexity index is 1060. The monoisotopic (exact) mass is 448 g/mol. The van der Waals surface area contributed by atoms with Gasteiger partial charge in [-0.3, -0.25) is 9.69 Å². The van der Waals surface area contributed by atoms with E-state index in [9.17, 15) is 15.0 Å². The lowest BCUT2D eigenvalue weighted by Gasteiger charge is -2.62. The first-order chi connectivity index (χ1) is 16.0. The molecule has 6 rings (SSSR count). The largest absolute Gasteiger partial charge is 0.508 e. The van der Waals surface area contributed by atoms with Gasteiger partial charge in [-0.25, -0.2) is 9.97 Å². The SMILES string of the molecule is O=C(Cc1ncccn1)N1CCC[C@@]2(O)[C@H]3Cc4ccc(O)cc4[C@@]2(CCN3CC2CC2)C1. The van der Waals surface area contributed by atoms with Crippen LogP contribution in [0.3, 0.4) is 0 Å². The highest BCUT2D eigenvalue weighted by molar-refractivity contribution is 5.78. The van der Waals surface area contributed by atoms with Crippen molar-refractivity contribution in [3.63, 3.8) is 0 Å². The quantitative estimate of drug-likeness (QED) is 0.744. The highest BCUT2D eigenvalue weighted by Gasteiger charge is 2.64. The number of rotatable bonds is 4. The summed E-state index contributed by atoms with van der Waals surface area (Å²) in [6, 6.07) is 7.43. The number of carbonyl (C=O) groups excluding carboxylic acids is 1. The molecule has 2 aliphatic heterocycles. The number of amides is 1. The van der Waals surface area contributed by atoms with Crippen LogP contribution in [0.4, 0.5) is 0 Å². The first-order valence-corrected chi connectivity index (χ1v) is 12.3. The predicted molar refractivity (Wildman–Crippen MR) is 123 cm³/mol. The Kier molecular flexibility index (Phi) is 4.96. The zero-order valence-electron chi connectivity index (χ0n) is 19.0. The molecule has 3 atom stereocenters. The highest BCUT2D eigenvalue weighted by atomic mass is 16.3. The molecule has 3 fully saturated rings. The number of piperidine rings is 1. The van der Waals surface area contributed by atoms with Crippen molar-refractivity contribution in [3.8, 4) is 5.75 Å². The molecule has 33 heavy (non-hydrogen) atoms. The summed E-state index contributed by atoms with van der Waals surface area (Å²) in [6.07, 6.45) is 9.09. The highest BCUT2D eigenvalue weighted by Crippen LogP contribution is 2.55. The summed E-state index contributed by atoms with van der Waals surface area (Å²) in [7, 11) is 0. The van der Waals surface area contributed by atoms with E-state index >= 15 is 0 Å². The van der Waals surface area contributed by atoms with Crippen LogP contribution in [0.15, 0.2) is 36.7 Å². The zero-order chi connectivity index (χ0) is 22.6. The Hall–Kier alpha value is -2.51. The topological polar surface area (TPSA) is 89.8 Å². The molecule has 2 saturated heterocycles. The third kappa shape index (κ3) is 3.44. The van der Waals surface area contributed by atoms with Gasteiger partial charge in [0.2, 0.25) is 5.91 Å². The van der Waals surface area contributed by atoms with Crippen molar-refractivity contribution in [3.05, 3.63) is 53.6 Å². The summed E-state index contributed by atoms with van der Waals surface area (Å²) >= 11 is 0. The Morgan fingerprint density at radius 1 is 1.15 bits per heavy atom. The fourth-order valence-corrected chi connectivity index (χ4v) is 6.77. The van der Waals surface area contributed by atoms with Crippen LogP contribution in [0.5, 0.6) is 5.75 Å². The van der Waals surface area contributed by atoms with Gasteiger partial charge < -0.3 is 15.1 Å². The van der Waals surface area contributed by atoms with E-state index in [2.05, 4.69) is 14.9 Å². The van der Waals surface area contributed by atoms with Crippen LogP contribution < -0.4 is 0 Å². The minimum Gasteiger partial charge on any atom is -0.508 e. The van der Waals surface area contributed by atoms with Crippen LogP contribution in [0, 0.1) is 5.92 Å². The fraction of sp³-hybridized carbons (Fsp3) is 0.577. The van der Waals surface area contributed by atoms with Crippen LogP contribution >= 0.6 is 0 Å². The van der Waals surface area contributed by atoms with E-state index in [-0.39, 0.29) is 24.1 Å². The molecule has 0 spiro atoms. The van der Waals surface area contributed by atoms with E-state index < -0.39 is 11.0 Å². The van der Waals surface area contributed by atoms with Crippen molar-refractivity contribution in [2.24, 2.45) is 5.92 Å². The number of nitrogens with zero attached hydrogens (tertiary/aromatic N) is 4. The Balaban J connectivity index is 1.39. The number of phenols is 1. The molecule has 2 aromatic rings. The smallest absolute Gasteiger partial charge is 0.230 e. The Labute approximate surface area is 194 Å². The molecule has 2 bridgehead atoms. The van der Waals surface area contributed by atoms with Crippen molar-refractivity contribution >= 4 is 5.91 Å². The van der Waals surface area contributed by atoms with Gasteiger partial charge in [-0.1, -0.05) is 6.07 Å². The lowest BCUT2D eigenvalue weighted by Crippen LogP contribution is -2.73. The second kappa shape index (κ2) is 7.77. The standard InChI is InChI=1S/C26H32N4O3/c31-20-6-5-19-13-22-26(33)7-1-11-30(24(32)15-23-27-9-2-10-28-23)17-25(26,21(19)14-20)8-12-29(22)16-18-3-4-18/h2,5-6,9-10,14,18,22,31,33H,1,3-4,7-8,11-13,15-17H2/t22-,25-,26-/m1/s1. The summed E-state index contributed by atoms with van der Waals surface area (Å²) < 4.78 is 0. The molecule has 4 aliphatic rings. The van der Waals surface area contributed by atoms with Gasteiger partial charge in [-0.2, -0.15) is 0 Å². The van der Waals surface area contributed by atoms with Crippen molar-refractivity contribution in [2.45, 2.75) is 62.0 Å². The van der Waals surface area contributed by atoms with Gasteiger partial charge in [0.05, 0.1) is 12.0 Å². The number of fused-ring (bicyclic) bond motifs is 1. The van der Waals surface area contributed by atoms with Gasteiger partial charge in [0.25, 0.3) is 0 Å². The lowest BCUT2D eigenvalue weighted by atomic mass is 9.53. The van der Waals surface area contributed by atoms with Crippen LogP contribution in [0.2, 0.25) is 0 Å². The third-order valence-electron chi connectivity index (χ3n) is 8.59.